The Bertz CT molecular complexity index is 3520. The van der Waals surface area contributed by atoms with E-state index in [1.54, 1.807) is 0 Å². The molecular weight excluding hydrogens is 741 g/mol. The molecule has 0 bridgehead atoms. The number of nitrogens with zero attached hydrogens (tertiary/aromatic N) is 2. The van der Waals surface area contributed by atoms with E-state index in [1.165, 1.54) is 43.9 Å². The van der Waals surface area contributed by atoms with Crippen molar-refractivity contribution < 1.29 is 4.42 Å². The third-order valence-corrected chi connectivity index (χ3v) is 12.2. The van der Waals surface area contributed by atoms with Gasteiger partial charge in [-0.1, -0.05) is 158 Å². The van der Waals surface area contributed by atoms with Crippen molar-refractivity contribution in [1.29, 1.82) is 0 Å². The molecule has 3 nitrogen and oxygen atoms in total. The maximum atomic E-state index is 6.52. The smallest absolute Gasteiger partial charge is 0.143 e. The summed E-state index contributed by atoms with van der Waals surface area (Å²) in [5.74, 6) is 0. The molecule has 61 heavy (non-hydrogen) atoms. The van der Waals surface area contributed by atoms with E-state index in [0.717, 1.165) is 66.8 Å². The van der Waals surface area contributed by atoms with Gasteiger partial charge in [-0.3, -0.25) is 0 Å². The van der Waals surface area contributed by atoms with Crippen LogP contribution in [0.2, 0.25) is 0 Å². The SMILES string of the molecule is c1ccc(-c2ccc(N(c3ccc(-c4cccc(-n5c6ccccc6c6ccccc65)c4)cc3)c3ccccc3-c3ccc4oc5c6ccccc6ccc5c4c3)cc2)cc1. The molecular formula is C58H38N2O. The molecule has 10 aromatic carbocycles. The van der Waals surface area contributed by atoms with Crippen molar-refractivity contribution in [1.82, 2.24) is 4.57 Å². The van der Waals surface area contributed by atoms with Gasteiger partial charge in [0.15, 0.2) is 0 Å². The largest absolute Gasteiger partial charge is 0.455 e. The molecule has 0 saturated heterocycles. The standard InChI is InChI=1S/C58H38N2O/c1-2-13-39(14-3-1)40-25-31-45(32-26-40)59(54-22-9-6-18-48(54)44-30-36-57-53(38-44)52-35-29-42-15-4-5-19-49(42)58(52)61-57)46-33-27-41(28-34-46)43-16-12-17-47(37-43)60-55-23-10-7-20-50(55)51-21-8-11-24-56(51)60/h1-38H. The minimum Gasteiger partial charge on any atom is -0.455 e. The molecule has 0 unspecified atom stereocenters. The van der Waals surface area contributed by atoms with Crippen molar-refractivity contribution in [2.45, 2.75) is 0 Å². The Morgan fingerprint density at radius 2 is 0.918 bits per heavy atom. The maximum Gasteiger partial charge on any atom is 0.143 e. The van der Waals surface area contributed by atoms with Crippen molar-refractivity contribution in [3.63, 3.8) is 0 Å². The summed E-state index contributed by atoms with van der Waals surface area (Å²) in [5, 5.41) is 7.06. The summed E-state index contributed by atoms with van der Waals surface area (Å²) < 4.78 is 8.90. The molecule has 0 fully saturated rings. The highest BCUT2D eigenvalue weighted by Crippen LogP contribution is 2.44. The molecule has 0 aliphatic carbocycles. The highest BCUT2D eigenvalue weighted by molar-refractivity contribution is 6.16. The van der Waals surface area contributed by atoms with Gasteiger partial charge in [0.2, 0.25) is 0 Å². The van der Waals surface area contributed by atoms with Crippen molar-refractivity contribution in [3.05, 3.63) is 231 Å². The van der Waals surface area contributed by atoms with Crippen molar-refractivity contribution in [2.75, 3.05) is 4.90 Å². The van der Waals surface area contributed by atoms with Crippen LogP contribution in [0.4, 0.5) is 17.1 Å². The number of para-hydroxylation sites is 3. The lowest BCUT2D eigenvalue weighted by Crippen LogP contribution is -2.11. The molecule has 286 valence electrons. The van der Waals surface area contributed by atoms with Gasteiger partial charge in [0.05, 0.1) is 16.7 Å². The fraction of sp³-hybridized carbons (Fsp3) is 0. The molecule has 0 aliphatic rings. The van der Waals surface area contributed by atoms with Crippen molar-refractivity contribution >= 4 is 71.6 Å². The fourth-order valence-electron chi connectivity index (χ4n) is 9.27. The topological polar surface area (TPSA) is 21.3 Å². The monoisotopic (exact) mass is 778 g/mol. The minimum absolute atomic E-state index is 0.888. The fourth-order valence-corrected chi connectivity index (χ4v) is 9.27. The zero-order valence-electron chi connectivity index (χ0n) is 33.2. The molecule has 0 amide bonds. The highest BCUT2D eigenvalue weighted by Gasteiger charge is 2.20. The lowest BCUT2D eigenvalue weighted by Gasteiger charge is -2.28. The number of rotatable bonds is 7. The Hall–Kier alpha value is -8.14. The van der Waals surface area contributed by atoms with Crippen LogP contribution in [-0.2, 0) is 0 Å². The van der Waals surface area contributed by atoms with E-state index >= 15 is 0 Å². The van der Waals surface area contributed by atoms with Crippen LogP contribution < -0.4 is 4.90 Å². The first-order valence-electron chi connectivity index (χ1n) is 20.8. The average molecular weight is 779 g/mol. The number of aromatic nitrogens is 1. The Morgan fingerprint density at radius 1 is 0.344 bits per heavy atom. The predicted octanol–water partition coefficient (Wildman–Crippen LogP) is 16.3. The third kappa shape index (κ3) is 5.90. The molecule has 12 rings (SSSR count). The van der Waals surface area contributed by atoms with Gasteiger partial charge in [-0.2, -0.15) is 0 Å². The zero-order chi connectivity index (χ0) is 40.3. The van der Waals surface area contributed by atoms with Crippen LogP contribution >= 0.6 is 0 Å². The predicted molar refractivity (Wildman–Crippen MR) is 257 cm³/mol. The maximum absolute atomic E-state index is 6.52. The summed E-state index contributed by atoms with van der Waals surface area (Å²) >= 11 is 0. The van der Waals surface area contributed by atoms with Gasteiger partial charge < -0.3 is 13.9 Å². The van der Waals surface area contributed by atoms with E-state index in [-0.39, 0.29) is 0 Å². The van der Waals surface area contributed by atoms with E-state index in [9.17, 15) is 0 Å². The number of hydrogen-bond donors (Lipinski definition) is 0. The Morgan fingerprint density at radius 3 is 1.66 bits per heavy atom. The molecule has 12 aromatic rings. The van der Waals surface area contributed by atoms with Crippen molar-refractivity contribution in [3.8, 4) is 39.1 Å². The first-order chi connectivity index (χ1) is 30.2. The van der Waals surface area contributed by atoms with Gasteiger partial charge in [0, 0.05) is 49.6 Å². The van der Waals surface area contributed by atoms with Gasteiger partial charge in [-0.15, -0.1) is 0 Å². The quantitative estimate of drug-likeness (QED) is 0.161. The van der Waals surface area contributed by atoms with Gasteiger partial charge in [0.25, 0.3) is 0 Å². The molecule has 0 spiro atoms. The number of anilines is 3. The number of benzene rings is 10. The lowest BCUT2D eigenvalue weighted by molar-refractivity contribution is 0.672. The molecule has 0 radical (unpaired) electrons. The van der Waals surface area contributed by atoms with Crippen LogP contribution in [0.3, 0.4) is 0 Å². The Kier molecular flexibility index (Phi) is 8.17. The van der Waals surface area contributed by atoms with Gasteiger partial charge in [0.1, 0.15) is 11.2 Å². The first kappa shape index (κ1) is 34.9. The summed E-state index contributed by atoms with van der Waals surface area (Å²) in [7, 11) is 0. The molecule has 0 aliphatic heterocycles. The van der Waals surface area contributed by atoms with Crippen molar-refractivity contribution in [2.24, 2.45) is 0 Å². The Labute approximate surface area is 353 Å². The van der Waals surface area contributed by atoms with Crippen LogP contribution in [0, 0.1) is 0 Å². The molecule has 0 atom stereocenters. The molecule has 0 N–H and O–H groups in total. The third-order valence-electron chi connectivity index (χ3n) is 12.2. The summed E-state index contributed by atoms with van der Waals surface area (Å²) in [6.45, 7) is 0. The molecule has 0 saturated carbocycles. The van der Waals surface area contributed by atoms with Crippen LogP contribution in [0.25, 0.3) is 93.6 Å². The zero-order valence-corrected chi connectivity index (χ0v) is 33.2. The lowest BCUT2D eigenvalue weighted by atomic mass is 9.98. The number of hydrogen-bond acceptors (Lipinski definition) is 2. The molecule has 3 heteroatoms. The van der Waals surface area contributed by atoms with E-state index in [0.29, 0.717) is 0 Å². The summed E-state index contributed by atoms with van der Waals surface area (Å²) in [6.07, 6.45) is 0. The van der Waals surface area contributed by atoms with E-state index in [1.807, 2.05) is 0 Å². The second-order valence-electron chi connectivity index (χ2n) is 15.7. The van der Waals surface area contributed by atoms with E-state index in [4.69, 9.17) is 4.42 Å². The second kappa shape index (κ2) is 14.3. The normalized spacial score (nSPS) is 11.6. The number of furan rings is 1. The first-order valence-corrected chi connectivity index (χ1v) is 20.8. The summed E-state index contributed by atoms with van der Waals surface area (Å²) in [4.78, 5) is 2.38. The molecule has 2 heterocycles. The van der Waals surface area contributed by atoms with Gasteiger partial charge in [-0.05, 0) is 106 Å². The van der Waals surface area contributed by atoms with E-state index < -0.39 is 0 Å². The van der Waals surface area contributed by atoms with Crippen LogP contribution in [0.1, 0.15) is 0 Å². The molecule has 2 aromatic heterocycles. The second-order valence-corrected chi connectivity index (χ2v) is 15.7. The number of fused-ring (bicyclic) bond motifs is 8. The van der Waals surface area contributed by atoms with E-state index in [2.05, 4.69) is 240 Å². The summed E-state index contributed by atoms with van der Waals surface area (Å²) in [5.41, 5.74) is 15.6. The minimum atomic E-state index is 0.888. The van der Waals surface area contributed by atoms with Crippen LogP contribution in [0.15, 0.2) is 235 Å². The average Bonchev–Trinajstić information content (AvgIpc) is 3.88. The van der Waals surface area contributed by atoms with Crippen LogP contribution in [0.5, 0.6) is 0 Å². The van der Waals surface area contributed by atoms with Crippen LogP contribution in [-0.4, -0.2) is 4.57 Å². The Balaban J connectivity index is 0.971. The van der Waals surface area contributed by atoms with Gasteiger partial charge >= 0.3 is 0 Å². The van der Waals surface area contributed by atoms with Gasteiger partial charge in [-0.25, -0.2) is 0 Å². The summed E-state index contributed by atoms with van der Waals surface area (Å²) in [6, 6.07) is 82.9. The highest BCUT2D eigenvalue weighted by atomic mass is 16.3.